The molecule has 4 heteroatoms. The lowest BCUT2D eigenvalue weighted by Crippen LogP contribution is -2.02. The molecule has 3 nitrogen and oxygen atoms in total. The molecule has 0 aliphatic heterocycles. The van der Waals surface area contributed by atoms with Gasteiger partial charge < -0.3 is 14.8 Å². The Morgan fingerprint density at radius 2 is 1.95 bits per heavy atom. The fraction of sp³-hybridized carbons (Fsp3) is 0.333. The van der Waals surface area contributed by atoms with Crippen LogP contribution in [0.3, 0.4) is 0 Å². The van der Waals surface area contributed by atoms with Gasteiger partial charge in [0, 0.05) is 10.2 Å². The second kappa shape index (κ2) is 6.26. The van der Waals surface area contributed by atoms with Crippen LogP contribution in [-0.4, -0.2) is 5.11 Å². The number of aliphatic hydroxyl groups excluding tert-OH is 1. The van der Waals surface area contributed by atoms with Crippen LogP contribution < -0.4 is 5.32 Å². The van der Waals surface area contributed by atoms with Crippen LogP contribution in [-0.2, 0) is 13.2 Å². The van der Waals surface area contributed by atoms with Crippen LogP contribution in [0, 0.1) is 0 Å². The first-order chi connectivity index (χ1) is 9.10. The summed E-state index contributed by atoms with van der Waals surface area (Å²) in [4.78, 5) is 0. The van der Waals surface area contributed by atoms with Crippen LogP contribution in [0.15, 0.2) is 39.2 Å². The number of rotatable bonds is 5. The maximum absolute atomic E-state index is 8.96. The molecular formula is C15H18BrNO2. The summed E-state index contributed by atoms with van der Waals surface area (Å²) < 4.78 is 6.54. The summed E-state index contributed by atoms with van der Waals surface area (Å²) in [5, 5.41) is 12.3. The number of hydrogen-bond donors (Lipinski definition) is 2. The van der Waals surface area contributed by atoms with Crippen LogP contribution in [0.2, 0.25) is 0 Å². The standard InChI is InChI=1S/C15H18BrNO2/c1-10(2)14-7-11(16)3-6-15(14)17-8-12-4-5-13(9-18)19-12/h3-7,10,17-18H,8-9H2,1-2H3. The highest BCUT2D eigenvalue weighted by atomic mass is 79.9. The molecule has 0 bridgehead atoms. The average Bonchev–Trinajstić information content (AvgIpc) is 2.85. The zero-order chi connectivity index (χ0) is 13.8. The topological polar surface area (TPSA) is 45.4 Å². The Bertz CT molecular complexity index is 549. The smallest absolute Gasteiger partial charge is 0.129 e. The van der Waals surface area contributed by atoms with Crippen LogP contribution in [0.4, 0.5) is 5.69 Å². The predicted molar refractivity (Wildman–Crippen MR) is 80.2 cm³/mol. The first-order valence-electron chi connectivity index (χ1n) is 6.32. The van der Waals surface area contributed by atoms with Gasteiger partial charge >= 0.3 is 0 Å². The molecule has 0 spiro atoms. The molecule has 0 saturated heterocycles. The lowest BCUT2D eigenvalue weighted by atomic mass is 10.0. The van der Waals surface area contributed by atoms with E-state index in [4.69, 9.17) is 9.52 Å². The van der Waals surface area contributed by atoms with Crippen molar-refractivity contribution in [2.45, 2.75) is 32.9 Å². The highest BCUT2D eigenvalue weighted by Crippen LogP contribution is 2.28. The highest BCUT2D eigenvalue weighted by Gasteiger charge is 2.08. The van der Waals surface area contributed by atoms with Gasteiger partial charge in [-0.25, -0.2) is 0 Å². The van der Waals surface area contributed by atoms with E-state index in [0.717, 1.165) is 15.9 Å². The van der Waals surface area contributed by atoms with Crippen LogP contribution in [0.5, 0.6) is 0 Å². The second-order valence-corrected chi connectivity index (χ2v) is 5.68. The summed E-state index contributed by atoms with van der Waals surface area (Å²) in [5.74, 6) is 1.86. The van der Waals surface area contributed by atoms with Gasteiger partial charge in [0.2, 0.25) is 0 Å². The number of aliphatic hydroxyl groups is 1. The Morgan fingerprint density at radius 3 is 2.58 bits per heavy atom. The van der Waals surface area contributed by atoms with Gasteiger partial charge in [0.1, 0.15) is 18.1 Å². The highest BCUT2D eigenvalue weighted by molar-refractivity contribution is 9.10. The fourth-order valence-corrected chi connectivity index (χ4v) is 2.34. The number of anilines is 1. The minimum Gasteiger partial charge on any atom is -0.462 e. The Balaban J connectivity index is 2.10. The zero-order valence-corrected chi connectivity index (χ0v) is 12.7. The van der Waals surface area contributed by atoms with E-state index >= 15 is 0 Å². The minimum absolute atomic E-state index is 0.0600. The van der Waals surface area contributed by atoms with Gasteiger partial charge in [0.05, 0.1) is 6.54 Å². The molecule has 0 unspecified atom stereocenters. The molecular weight excluding hydrogens is 306 g/mol. The van der Waals surface area contributed by atoms with Gasteiger partial charge in [0.25, 0.3) is 0 Å². The second-order valence-electron chi connectivity index (χ2n) is 4.77. The number of furan rings is 1. The monoisotopic (exact) mass is 323 g/mol. The predicted octanol–water partition coefficient (Wildman–Crippen LogP) is 4.27. The summed E-state index contributed by atoms with van der Waals surface area (Å²) in [6.07, 6.45) is 0. The van der Waals surface area contributed by atoms with E-state index in [1.165, 1.54) is 5.56 Å². The summed E-state index contributed by atoms with van der Waals surface area (Å²) in [6.45, 7) is 4.89. The summed E-state index contributed by atoms with van der Waals surface area (Å²) >= 11 is 3.50. The molecule has 19 heavy (non-hydrogen) atoms. The van der Waals surface area contributed by atoms with Crippen molar-refractivity contribution in [1.29, 1.82) is 0 Å². The Hall–Kier alpha value is -1.26. The fourth-order valence-electron chi connectivity index (χ4n) is 1.96. The van der Waals surface area contributed by atoms with Crippen molar-refractivity contribution in [2.24, 2.45) is 0 Å². The minimum atomic E-state index is -0.0600. The molecule has 2 aromatic rings. The van der Waals surface area contributed by atoms with Crippen molar-refractivity contribution in [1.82, 2.24) is 0 Å². The van der Waals surface area contributed by atoms with E-state index in [1.54, 1.807) is 6.07 Å². The number of hydrogen-bond acceptors (Lipinski definition) is 3. The molecule has 0 amide bonds. The third-order valence-electron chi connectivity index (χ3n) is 2.96. The van der Waals surface area contributed by atoms with Crippen molar-refractivity contribution in [3.8, 4) is 0 Å². The summed E-state index contributed by atoms with van der Waals surface area (Å²) in [6, 6.07) is 9.90. The number of benzene rings is 1. The van der Waals surface area contributed by atoms with E-state index in [1.807, 2.05) is 12.1 Å². The van der Waals surface area contributed by atoms with Gasteiger partial charge in [0.15, 0.2) is 0 Å². The van der Waals surface area contributed by atoms with Gasteiger partial charge in [-0.1, -0.05) is 29.8 Å². The first kappa shape index (κ1) is 14.2. The van der Waals surface area contributed by atoms with E-state index < -0.39 is 0 Å². The molecule has 102 valence electrons. The largest absolute Gasteiger partial charge is 0.462 e. The number of halogens is 1. The third-order valence-corrected chi connectivity index (χ3v) is 3.46. The molecule has 0 fully saturated rings. The Morgan fingerprint density at radius 1 is 1.21 bits per heavy atom. The zero-order valence-electron chi connectivity index (χ0n) is 11.1. The van der Waals surface area contributed by atoms with E-state index in [9.17, 15) is 0 Å². The van der Waals surface area contributed by atoms with Gasteiger partial charge in [-0.15, -0.1) is 0 Å². The van der Waals surface area contributed by atoms with Crippen molar-refractivity contribution >= 4 is 21.6 Å². The van der Waals surface area contributed by atoms with Crippen LogP contribution in [0.25, 0.3) is 0 Å². The first-order valence-corrected chi connectivity index (χ1v) is 7.11. The average molecular weight is 324 g/mol. The van der Waals surface area contributed by atoms with Crippen molar-refractivity contribution in [2.75, 3.05) is 5.32 Å². The third kappa shape index (κ3) is 3.61. The molecule has 1 heterocycles. The summed E-state index contributed by atoms with van der Waals surface area (Å²) in [7, 11) is 0. The molecule has 1 aromatic carbocycles. The quantitative estimate of drug-likeness (QED) is 0.863. The molecule has 0 atom stereocenters. The lowest BCUT2D eigenvalue weighted by Gasteiger charge is -2.14. The molecule has 1 aromatic heterocycles. The summed E-state index contributed by atoms with van der Waals surface area (Å²) in [5.41, 5.74) is 2.38. The molecule has 2 N–H and O–H groups in total. The van der Waals surface area contributed by atoms with E-state index in [2.05, 4.69) is 47.2 Å². The van der Waals surface area contributed by atoms with Crippen molar-refractivity contribution in [3.05, 3.63) is 51.9 Å². The maximum Gasteiger partial charge on any atom is 0.129 e. The maximum atomic E-state index is 8.96. The van der Waals surface area contributed by atoms with Crippen molar-refractivity contribution in [3.63, 3.8) is 0 Å². The molecule has 0 aliphatic rings. The lowest BCUT2D eigenvalue weighted by molar-refractivity contribution is 0.244. The molecule has 0 radical (unpaired) electrons. The molecule has 0 saturated carbocycles. The van der Waals surface area contributed by atoms with Crippen LogP contribution in [0.1, 0.15) is 36.8 Å². The SMILES string of the molecule is CC(C)c1cc(Br)ccc1NCc1ccc(CO)o1. The Kier molecular flexibility index (Phi) is 4.66. The molecule has 2 rings (SSSR count). The molecule has 0 aliphatic carbocycles. The Labute approximate surface area is 121 Å². The van der Waals surface area contributed by atoms with E-state index in [0.29, 0.717) is 18.2 Å². The normalized spacial score (nSPS) is 11.0. The van der Waals surface area contributed by atoms with Gasteiger partial charge in [-0.2, -0.15) is 0 Å². The number of nitrogens with one attached hydrogen (secondary N) is 1. The van der Waals surface area contributed by atoms with E-state index in [-0.39, 0.29) is 6.61 Å². The van der Waals surface area contributed by atoms with Gasteiger partial charge in [-0.3, -0.25) is 0 Å². The van der Waals surface area contributed by atoms with Crippen LogP contribution >= 0.6 is 15.9 Å². The van der Waals surface area contributed by atoms with Gasteiger partial charge in [-0.05, 0) is 41.8 Å². The van der Waals surface area contributed by atoms with Crippen molar-refractivity contribution < 1.29 is 9.52 Å².